The van der Waals surface area contributed by atoms with Crippen molar-refractivity contribution < 1.29 is 9.18 Å². The third-order valence-corrected chi connectivity index (χ3v) is 3.32. The molecular weight excluding hydrogens is 251 g/mol. The van der Waals surface area contributed by atoms with E-state index in [0.717, 1.165) is 11.3 Å². The minimum Gasteiger partial charge on any atom is -0.348 e. The van der Waals surface area contributed by atoms with Crippen molar-refractivity contribution in [3.63, 3.8) is 0 Å². The second-order valence-electron chi connectivity index (χ2n) is 4.17. The zero-order valence-electron chi connectivity index (χ0n) is 10.7. The summed E-state index contributed by atoms with van der Waals surface area (Å²) in [5.41, 5.74) is 6.50. The molecule has 1 aromatic carbocycles. The summed E-state index contributed by atoms with van der Waals surface area (Å²) in [5.74, 6) is 0.351. The first kappa shape index (κ1) is 15.0. The highest BCUT2D eigenvalue weighted by Crippen LogP contribution is 2.13. The summed E-state index contributed by atoms with van der Waals surface area (Å²) < 4.78 is 13.0. The van der Waals surface area contributed by atoms with Gasteiger partial charge in [0.1, 0.15) is 5.82 Å². The highest BCUT2D eigenvalue weighted by atomic mass is 32.2. The standard InChI is InChI=1S/C13H19FN2OS/c1-9(10-4-3-5-11(14)8-10)16-13(17)12(15)6-7-18-2/h3-5,8-9,12H,6-7,15H2,1-2H3,(H,16,17)/t9?,12-/m0/s1. The van der Waals surface area contributed by atoms with Crippen LogP contribution in [0.4, 0.5) is 4.39 Å². The molecule has 1 rings (SSSR count). The average Bonchev–Trinajstić information content (AvgIpc) is 2.35. The van der Waals surface area contributed by atoms with Crippen LogP contribution >= 0.6 is 11.8 Å². The molecular formula is C13H19FN2OS. The minimum absolute atomic E-state index is 0.194. The lowest BCUT2D eigenvalue weighted by atomic mass is 10.1. The monoisotopic (exact) mass is 270 g/mol. The number of amides is 1. The second-order valence-corrected chi connectivity index (χ2v) is 5.16. The molecule has 18 heavy (non-hydrogen) atoms. The molecule has 3 nitrogen and oxygen atoms in total. The largest absolute Gasteiger partial charge is 0.348 e. The van der Waals surface area contributed by atoms with Crippen molar-refractivity contribution in [2.24, 2.45) is 5.73 Å². The van der Waals surface area contributed by atoms with Crippen LogP contribution in [0.15, 0.2) is 24.3 Å². The first-order valence-electron chi connectivity index (χ1n) is 5.85. The summed E-state index contributed by atoms with van der Waals surface area (Å²) in [6, 6.07) is 5.45. The maximum atomic E-state index is 13.0. The predicted molar refractivity (Wildman–Crippen MR) is 73.9 cm³/mol. The van der Waals surface area contributed by atoms with Gasteiger partial charge in [0.2, 0.25) is 5.91 Å². The third kappa shape index (κ3) is 4.66. The zero-order chi connectivity index (χ0) is 13.5. The van der Waals surface area contributed by atoms with E-state index in [9.17, 15) is 9.18 Å². The molecule has 0 aliphatic carbocycles. The molecule has 100 valence electrons. The fourth-order valence-electron chi connectivity index (χ4n) is 1.56. The van der Waals surface area contributed by atoms with E-state index in [1.807, 2.05) is 13.2 Å². The Labute approximate surface area is 111 Å². The fraction of sp³-hybridized carbons (Fsp3) is 0.462. The summed E-state index contributed by atoms with van der Waals surface area (Å²) in [6.07, 6.45) is 2.61. The molecule has 0 aliphatic heterocycles. The van der Waals surface area contributed by atoms with Gasteiger partial charge in [0.05, 0.1) is 12.1 Å². The van der Waals surface area contributed by atoms with Crippen LogP contribution in [-0.4, -0.2) is 24.0 Å². The van der Waals surface area contributed by atoms with Gasteiger partial charge in [-0.1, -0.05) is 12.1 Å². The quantitative estimate of drug-likeness (QED) is 0.832. The number of carbonyl (C=O) groups excluding carboxylic acids is 1. The van der Waals surface area contributed by atoms with Gasteiger partial charge in [0.25, 0.3) is 0 Å². The summed E-state index contributed by atoms with van der Waals surface area (Å²) in [5, 5.41) is 2.79. The highest BCUT2D eigenvalue weighted by molar-refractivity contribution is 7.98. The van der Waals surface area contributed by atoms with E-state index in [1.54, 1.807) is 23.9 Å². The SMILES string of the molecule is CSCC[C@H](N)C(=O)NC(C)c1cccc(F)c1. The molecule has 0 saturated carbocycles. The Kier molecular flexibility index (Phi) is 6.15. The van der Waals surface area contributed by atoms with E-state index in [-0.39, 0.29) is 17.8 Å². The van der Waals surface area contributed by atoms with Crippen molar-refractivity contribution in [2.45, 2.75) is 25.4 Å². The molecule has 0 bridgehead atoms. The molecule has 1 amide bonds. The first-order chi connectivity index (χ1) is 8.54. The number of hydrogen-bond donors (Lipinski definition) is 2. The van der Waals surface area contributed by atoms with Gasteiger partial charge >= 0.3 is 0 Å². The van der Waals surface area contributed by atoms with Gasteiger partial charge in [0, 0.05) is 0 Å². The maximum Gasteiger partial charge on any atom is 0.237 e. The second kappa shape index (κ2) is 7.38. The molecule has 0 spiro atoms. The molecule has 1 unspecified atom stereocenters. The number of carbonyl (C=O) groups is 1. The van der Waals surface area contributed by atoms with Crippen LogP contribution in [0.1, 0.15) is 24.9 Å². The van der Waals surface area contributed by atoms with Crippen LogP contribution in [0.5, 0.6) is 0 Å². The van der Waals surface area contributed by atoms with Gasteiger partial charge < -0.3 is 11.1 Å². The molecule has 0 saturated heterocycles. The summed E-state index contributed by atoms with van der Waals surface area (Å²) in [4.78, 5) is 11.8. The summed E-state index contributed by atoms with van der Waals surface area (Å²) >= 11 is 1.65. The van der Waals surface area contributed by atoms with E-state index in [2.05, 4.69) is 5.32 Å². The van der Waals surface area contributed by atoms with Crippen molar-refractivity contribution in [1.82, 2.24) is 5.32 Å². The Hall–Kier alpha value is -1.07. The van der Waals surface area contributed by atoms with E-state index in [4.69, 9.17) is 5.73 Å². The normalized spacial score (nSPS) is 14.0. The van der Waals surface area contributed by atoms with Gasteiger partial charge in [-0.25, -0.2) is 4.39 Å². The Balaban J connectivity index is 2.54. The summed E-state index contributed by atoms with van der Waals surface area (Å²) in [7, 11) is 0. The smallest absolute Gasteiger partial charge is 0.237 e. The van der Waals surface area contributed by atoms with Crippen LogP contribution in [0.2, 0.25) is 0 Å². The molecule has 0 aromatic heterocycles. The van der Waals surface area contributed by atoms with Crippen molar-refractivity contribution in [3.8, 4) is 0 Å². The predicted octanol–water partition coefficient (Wildman–Crippen LogP) is 2.08. The van der Waals surface area contributed by atoms with Crippen molar-refractivity contribution in [1.29, 1.82) is 0 Å². The molecule has 0 fully saturated rings. The Bertz CT molecular complexity index is 400. The Morgan fingerprint density at radius 3 is 2.89 bits per heavy atom. The van der Waals surface area contributed by atoms with Crippen molar-refractivity contribution in [2.75, 3.05) is 12.0 Å². The molecule has 0 heterocycles. The Morgan fingerprint density at radius 2 is 2.28 bits per heavy atom. The van der Waals surface area contributed by atoms with Gasteiger partial charge in [-0.3, -0.25) is 4.79 Å². The van der Waals surface area contributed by atoms with Crippen LogP contribution < -0.4 is 11.1 Å². The van der Waals surface area contributed by atoms with Gasteiger partial charge in [-0.05, 0) is 43.0 Å². The molecule has 0 radical (unpaired) electrons. The van der Waals surface area contributed by atoms with E-state index in [0.29, 0.717) is 6.42 Å². The summed E-state index contributed by atoms with van der Waals surface area (Å²) in [6.45, 7) is 1.81. The van der Waals surface area contributed by atoms with E-state index >= 15 is 0 Å². The lowest BCUT2D eigenvalue weighted by Gasteiger charge is -2.17. The van der Waals surface area contributed by atoms with Crippen LogP contribution in [0, 0.1) is 5.82 Å². The average molecular weight is 270 g/mol. The van der Waals surface area contributed by atoms with E-state index in [1.165, 1.54) is 12.1 Å². The Morgan fingerprint density at radius 1 is 1.56 bits per heavy atom. The lowest BCUT2D eigenvalue weighted by Crippen LogP contribution is -2.41. The number of hydrogen-bond acceptors (Lipinski definition) is 3. The number of nitrogens with one attached hydrogen (secondary N) is 1. The maximum absolute atomic E-state index is 13.0. The molecule has 5 heteroatoms. The topological polar surface area (TPSA) is 55.1 Å². The van der Waals surface area contributed by atoms with Crippen LogP contribution in [-0.2, 0) is 4.79 Å². The van der Waals surface area contributed by atoms with Crippen molar-refractivity contribution in [3.05, 3.63) is 35.6 Å². The van der Waals surface area contributed by atoms with Crippen LogP contribution in [0.25, 0.3) is 0 Å². The van der Waals surface area contributed by atoms with Crippen LogP contribution in [0.3, 0.4) is 0 Å². The van der Waals surface area contributed by atoms with Crippen molar-refractivity contribution >= 4 is 17.7 Å². The lowest BCUT2D eigenvalue weighted by molar-refractivity contribution is -0.123. The minimum atomic E-state index is -0.506. The number of thioether (sulfide) groups is 1. The number of halogens is 1. The third-order valence-electron chi connectivity index (χ3n) is 2.68. The molecule has 0 aliphatic rings. The first-order valence-corrected chi connectivity index (χ1v) is 7.24. The molecule has 3 N–H and O–H groups in total. The number of nitrogens with two attached hydrogens (primary N) is 1. The number of rotatable bonds is 6. The molecule has 2 atom stereocenters. The fourth-order valence-corrected chi connectivity index (χ4v) is 2.05. The highest BCUT2D eigenvalue weighted by Gasteiger charge is 2.16. The molecule has 1 aromatic rings. The van der Waals surface area contributed by atoms with Gasteiger partial charge in [0.15, 0.2) is 0 Å². The zero-order valence-corrected chi connectivity index (χ0v) is 11.5. The van der Waals surface area contributed by atoms with Gasteiger partial charge in [-0.2, -0.15) is 11.8 Å². The van der Waals surface area contributed by atoms with Gasteiger partial charge in [-0.15, -0.1) is 0 Å². The van der Waals surface area contributed by atoms with E-state index < -0.39 is 6.04 Å². The number of benzene rings is 1.